The zero-order valence-electron chi connectivity index (χ0n) is 30.5. The highest BCUT2D eigenvalue weighted by molar-refractivity contribution is 6.25. The zero-order valence-corrected chi connectivity index (χ0v) is 30.5. The first-order chi connectivity index (χ1) is 27.1. The highest BCUT2D eigenvalue weighted by atomic mass is 16.3. The fourth-order valence-corrected chi connectivity index (χ4v) is 9.84. The van der Waals surface area contributed by atoms with Gasteiger partial charge in [0.1, 0.15) is 16.7 Å². The van der Waals surface area contributed by atoms with Gasteiger partial charge in [-0.3, -0.25) is 0 Å². The van der Waals surface area contributed by atoms with Gasteiger partial charge >= 0.3 is 0 Å². The zero-order chi connectivity index (χ0) is 36.4. The molecular formula is C53H34O2. The summed E-state index contributed by atoms with van der Waals surface area (Å²) in [7, 11) is 0. The van der Waals surface area contributed by atoms with Gasteiger partial charge < -0.3 is 8.83 Å². The van der Waals surface area contributed by atoms with E-state index in [0.717, 1.165) is 27.7 Å². The molecule has 0 aliphatic heterocycles. The molecule has 0 saturated heterocycles. The van der Waals surface area contributed by atoms with Crippen LogP contribution in [-0.2, 0) is 5.41 Å². The van der Waals surface area contributed by atoms with Crippen molar-refractivity contribution in [3.8, 4) is 44.5 Å². The van der Waals surface area contributed by atoms with Crippen molar-refractivity contribution in [3.63, 3.8) is 0 Å². The van der Waals surface area contributed by atoms with Crippen LogP contribution in [0.25, 0.3) is 110 Å². The first-order valence-electron chi connectivity index (χ1n) is 19.1. The van der Waals surface area contributed by atoms with Crippen molar-refractivity contribution >= 4 is 65.2 Å². The van der Waals surface area contributed by atoms with Crippen LogP contribution in [-0.4, -0.2) is 0 Å². The van der Waals surface area contributed by atoms with E-state index in [0.29, 0.717) is 0 Å². The third kappa shape index (κ3) is 4.14. The van der Waals surface area contributed by atoms with Crippen LogP contribution in [0.4, 0.5) is 0 Å². The maximum atomic E-state index is 6.58. The largest absolute Gasteiger partial charge is 0.464 e. The van der Waals surface area contributed by atoms with Crippen molar-refractivity contribution in [2.45, 2.75) is 19.3 Å². The second kappa shape index (κ2) is 11.1. The van der Waals surface area contributed by atoms with Crippen LogP contribution >= 0.6 is 0 Å². The third-order valence-electron chi connectivity index (χ3n) is 12.4. The second-order valence-corrected chi connectivity index (χ2v) is 15.5. The predicted octanol–water partition coefficient (Wildman–Crippen LogP) is 15.1. The van der Waals surface area contributed by atoms with Crippen LogP contribution < -0.4 is 0 Å². The maximum absolute atomic E-state index is 6.58. The average molecular weight is 703 g/mol. The molecule has 258 valence electrons. The Morgan fingerprint density at radius 2 is 0.982 bits per heavy atom. The van der Waals surface area contributed by atoms with Gasteiger partial charge in [-0.25, -0.2) is 0 Å². The number of hydrogen-bond acceptors (Lipinski definition) is 2. The summed E-state index contributed by atoms with van der Waals surface area (Å²) in [5, 5.41) is 10.8. The number of para-hydroxylation sites is 2. The lowest BCUT2D eigenvalue weighted by atomic mass is 9.81. The molecule has 2 heteroatoms. The maximum Gasteiger partial charge on any atom is 0.143 e. The molecule has 0 bridgehead atoms. The van der Waals surface area contributed by atoms with Crippen LogP contribution in [0.5, 0.6) is 0 Å². The molecule has 1 aliphatic rings. The molecule has 0 atom stereocenters. The summed E-state index contributed by atoms with van der Waals surface area (Å²) < 4.78 is 12.7. The second-order valence-electron chi connectivity index (χ2n) is 15.5. The molecule has 0 radical (unpaired) electrons. The number of furan rings is 2. The predicted molar refractivity (Wildman–Crippen MR) is 230 cm³/mol. The van der Waals surface area contributed by atoms with Gasteiger partial charge in [0, 0.05) is 38.3 Å². The van der Waals surface area contributed by atoms with E-state index in [1.807, 2.05) is 12.1 Å². The topological polar surface area (TPSA) is 26.3 Å². The molecule has 0 unspecified atom stereocenters. The van der Waals surface area contributed by atoms with Gasteiger partial charge in [-0.15, -0.1) is 0 Å². The van der Waals surface area contributed by atoms with E-state index in [-0.39, 0.29) is 5.41 Å². The van der Waals surface area contributed by atoms with E-state index in [9.17, 15) is 0 Å². The minimum absolute atomic E-state index is 0.177. The summed E-state index contributed by atoms with van der Waals surface area (Å²) in [4.78, 5) is 0. The lowest BCUT2D eigenvalue weighted by molar-refractivity contribution is 0.617. The van der Waals surface area contributed by atoms with Gasteiger partial charge in [0.05, 0.1) is 6.26 Å². The molecule has 2 aromatic heterocycles. The average Bonchev–Trinajstić information content (AvgIpc) is 3.93. The molecule has 0 amide bonds. The molecule has 2 nitrogen and oxygen atoms in total. The Morgan fingerprint density at radius 1 is 0.382 bits per heavy atom. The summed E-state index contributed by atoms with van der Waals surface area (Å²) in [5.41, 5.74) is 15.1. The van der Waals surface area contributed by atoms with E-state index in [1.54, 1.807) is 6.26 Å². The van der Waals surface area contributed by atoms with Crippen molar-refractivity contribution in [2.24, 2.45) is 0 Å². The normalized spacial score (nSPS) is 13.4. The highest BCUT2D eigenvalue weighted by Crippen LogP contribution is 2.54. The monoisotopic (exact) mass is 702 g/mol. The molecule has 9 aromatic carbocycles. The number of benzene rings is 9. The smallest absolute Gasteiger partial charge is 0.143 e. The van der Waals surface area contributed by atoms with Crippen molar-refractivity contribution in [1.29, 1.82) is 0 Å². The summed E-state index contributed by atoms with van der Waals surface area (Å²) in [6.45, 7) is 4.70. The van der Waals surface area contributed by atoms with Crippen LogP contribution in [0.2, 0.25) is 0 Å². The van der Waals surface area contributed by atoms with E-state index in [2.05, 4.69) is 166 Å². The fourth-order valence-electron chi connectivity index (χ4n) is 9.84. The Morgan fingerprint density at radius 3 is 1.71 bits per heavy atom. The number of rotatable bonds is 3. The molecule has 12 rings (SSSR count). The fraction of sp³-hybridized carbons (Fsp3) is 0.0566. The third-order valence-corrected chi connectivity index (χ3v) is 12.4. The van der Waals surface area contributed by atoms with Crippen LogP contribution in [0, 0.1) is 0 Å². The summed E-state index contributed by atoms with van der Waals surface area (Å²) >= 11 is 0. The van der Waals surface area contributed by atoms with Crippen LogP contribution in [0.1, 0.15) is 25.0 Å². The molecular weight excluding hydrogens is 669 g/mol. The van der Waals surface area contributed by atoms with E-state index < -0.39 is 0 Å². The van der Waals surface area contributed by atoms with Crippen molar-refractivity contribution in [2.75, 3.05) is 0 Å². The first kappa shape index (κ1) is 30.6. The molecule has 1 aliphatic carbocycles. The molecule has 11 aromatic rings. The van der Waals surface area contributed by atoms with Gasteiger partial charge in [0.15, 0.2) is 0 Å². The van der Waals surface area contributed by atoms with Crippen molar-refractivity contribution < 1.29 is 8.83 Å². The highest BCUT2D eigenvalue weighted by Gasteiger charge is 2.38. The van der Waals surface area contributed by atoms with Gasteiger partial charge in [-0.1, -0.05) is 159 Å². The Labute approximate surface area is 317 Å². The van der Waals surface area contributed by atoms with Crippen LogP contribution in [0.3, 0.4) is 0 Å². The Balaban J connectivity index is 1.08. The SMILES string of the molecule is CC1(C)c2cc(-c3ccc(-c4c5ccccc5c(-c5cccc6ccoc56)c5ccccc45)c4ccccc34)ccc2-c2c1ccc1c2oc2ccccc21. The Kier molecular flexibility index (Phi) is 6.15. The quantitative estimate of drug-likeness (QED) is 0.171. The van der Waals surface area contributed by atoms with Gasteiger partial charge in [0.25, 0.3) is 0 Å². The summed E-state index contributed by atoms with van der Waals surface area (Å²) in [6, 6.07) is 59.8. The van der Waals surface area contributed by atoms with Gasteiger partial charge in [-0.05, 0) is 89.5 Å². The molecule has 0 N–H and O–H groups in total. The molecule has 0 saturated carbocycles. The Bertz CT molecular complexity index is 3350. The first-order valence-corrected chi connectivity index (χ1v) is 19.1. The lowest BCUT2D eigenvalue weighted by Gasteiger charge is -2.22. The van der Waals surface area contributed by atoms with Crippen LogP contribution in [0.15, 0.2) is 179 Å². The Hall–Kier alpha value is -6.90. The summed E-state index contributed by atoms with van der Waals surface area (Å²) in [6.07, 6.45) is 1.79. The van der Waals surface area contributed by atoms with Gasteiger partial charge in [-0.2, -0.15) is 0 Å². The summed E-state index contributed by atoms with van der Waals surface area (Å²) in [5.74, 6) is 0. The lowest BCUT2D eigenvalue weighted by Crippen LogP contribution is -2.14. The van der Waals surface area contributed by atoms with Crippen molar-refractivity contribution in [1.82, 2.24) is 0 Å². The minimum Gasteiger partial charge on any atom is -0.464 e. The molecule has 2 heterocycles. The van der Waals surface area contributed by atoms with E-state index >= 15 is 0 Å². The van der Waals surface area contributed by atoms with E-state index in [1.165, 1.54) is 93.2 Å². The number of hydrogen-bond donors (Lipinski definition) is 0. The van der Waals surface area contributed by atoms with Gasteiger partial charge in [0.2, 0.25) is 0 Å². The molecule has 55 heavy (non-hydrogen) atoms. The number of fused-ring (bicyclic) bond motifs is 11. The molecule has 0 fully saturated rings. The molecule has 0 spiro atoms. The van der Waals surface area contributed by atoms with Crippen molar-refractivity contribution in [3.05, 3.63) is 181 Å². The van der Waals surface area contributed by atoms with E-state index in [4.69, 9.17) is 8.83 Å². The minimum atomic E-state index is -0.177. The standard InChI is InChI=1S/C53H34O2/c1-53(2)45-27-26-42-36-15-9-10-21-47(36)55-52(42)50(45)43-23-22-32(30-46(43)53)33-24-25-41(35-14-4-3-13-34(33)35)48-37-16-5-7-18-39(37)49(40-19-8-6-17-38(40)48)44-20-11-12-31-28-29-54-51(31)44/h3-30H,1-2H3.